The summed E-state index contributed by atoms with van der Waals surface area (Å²) in [6.45, 7) is 1.84. The van der Waals surface area contributed by atoms with E-state index in [0.29, 0.717) is 16.9 Å². The van der Waals surface area contributed by atoms with Crippen molar-refractivity contribution in [1.29, 1.82) is 0 Å². The van der Waals surface area contributed by atoms with E-state index in [0.717, 1.165) is 10.5 Å². The Labute approximate surface area is 143 Å². The molecule has 0 fully saturated rings. The van der Waals surface area contributed by atoms with Crippen molar-refractivity contribution in [3.63, 3.8) is 0 Å². The normalized spacial score (nSPS) is 10.8. The largest absolute Gasteiger partial charge is 0.456 e. The van der Waals surface area contributed by atoms with E-state index < -0.39 is 5.97 Å². The molecule has 0 atom stereocenters. The van der Waals surface area contributed by atoms with E-state index in [2.05, 4.69) is 4.98 Å². The summed E-state index contributed by atoms with van der Waals surface area (Å²) in [7, 11) is 0. The van der Waals surface area contributed by atoms with Crippen molar-refractivity contribution >= 4 is 23.4 Å². The summed E-state index contributed by atoms with van der Waals surface area (Å²) in [4.78, 5) is 29.7. The maximum atomic E-state index is 12.1. The minimum atomic E-state index is -0.436. The van der Waals surface area contributed by atoms with Crippen LogP contribution in [0.25, 0.3) is 5.65 Å². The number of rotatable bonds is 4. The zero-order valence-corrected chi connectivity index (χ0v) is 14.2. The Hall–Kier alpha value is -2.60. The van der Waals surface area contributed by atoms with E-state index in [1.807, 2.05) is 31.4 Å². The van der Waals surface area contributed by atoms with E-state index >= 15 is 0 Å². The number of carbonyl (C=O) groups is 1. The second-order valence-electron chi connectivity index (χ2n) is 5.28. The lowest BCUT2D eigenvalue weighted by Gasteiger charge is -2.07. The van der Waals surface area contributed by atoms with Crippen LogP contribution in [-0.4, -0.2) is 21.6 Å². The Bertz CT molecular complexity index is 949. The van der Waals surface area contributed by atoms with Gasteiger partial charge >= 0.3 is 5.97 Å². The number of benzene rings is 1. The fourth-order valence-electron chi connectivity index (χ4n) is 2.33. The van der Waals surface area contributed by atoms with Gasteiger partial charge in [0, 0.05) is 17.2 Å². The number of fused-ring (bicyclic) bond motifs is 1. The summed E-state index contributed by atoms with van der Waals surface area (Å²) in [6, 6.07) is 12.2. The van der Waals surface area contributed by atoms with Gasteiger partial charge in [-0.15, -0.1) is 11.8 Å². The molecule has 1 aromatic carbocycles. The van der Waals surface area contributed by atoms with Crippen molar-refractivity contribution in [2.24, 2.45) is 0 Å². The van der Waals surface area contributed by atoms with Gasteiger partial charge in [0.15, 0.2) is 0 Å². The molecule has 122 valence electrons. The Morgan fingerprint density at radius 3 is 2.71 bits per heavy atom. The first-order valence-electron chi connectivity index (χ1n) is 7.37. The molecule has 6 heteroatoms. The number of carbonyl (C=O) groups excluding carboxylic acids is 1. The van der Waals surface area contributed by atoms with E-state index in [9.17, 15) is 9.59 Å². The van der Waals surface area contributed by atoms with Gasteiger partial charge in [-0.1, -0.05) is 6.07 Å². The molecule has 0 saturated carbocycles. The third-order valence-electron chi connectivity index (χ3n) is 3.62. The van der Waals surface area contributed by atoms with Gasteiger partial charge in [-0.3, -0.25) is 9.20 Å². The molecule has 3 rings (SSSR count). The van der Waals surface area contributed by atoms with Gasteiger partial charge < -0.3 is 4.74 Å². The number of hydrogen-bond acceptors (Lipinski definition) is 5. The smallest absolute Gasteiger partial charge is 0.338 e. The van der Waals surface area contributed by atoms with Crippen LogP contribution < -0.4 is 5.56 Å². The van der Waals surface area contributed by atoms with E-state index in [1.54, 1.807) is 36.2 Å². The molecule has 5 nitrogen and oxygen atoms in total. The molecule has 0 aliphatic carbocycles. The molecule has 0 amide bonds. The summed E-state index contributed by atoms with van der Waals surface area (Å²) in [5.41, 5.74) is 2.17. The number of hydrogen-bond donors (Lipinski definition) is 0. The van der Waals surface area contributed by atoms with E-state index in [-0.39, 0.29) is 12.2 Å². The Balaban J connectivity index is 1.78. The maximum absolute atomic E-state index is 12.1. The number of nitrogens with zero attached hydrogens (tertiary/aromatic N) is 2. The highest BCUT2D eigenvalue weighted by Crippen LogP contribution is 2.15. The molecule has 0 N–H and O–H groups in total. The predicted octanol–water partition coefficient (Wildman–Crippen LogP) is 3.08. The summed E-state index contributed by atoms with van der Waals surface area (Å²) >= 11 is 1.60. The standard InChI is InChI=1S/C18H16N2O3S/c1-12-4-3-9-20-16(21)10-14(19-17(12)20)11-23-18(22)13-5-7-15(24-2)8-6-13/h3-10H,11H2,1-2H3. The first kappa shape index (κ1) is 16.3. The van der Waals surface area contributed by atoms with Crippen LogP contribution >= 0.6 is 11.8 Å². The second kappa shape index (κ2) is 6.88. The van der Waals surface area contributed by atoms with Crippen LogP contribution in [0, 0.1) is 6.92 Å². The van der Waals surface area contributed by atoms with Crippen molar-refractivity contribution in [2.75, 3.05) is 6.26 Å². The van der Waals surface area contributed by atoms with Crippen LogP contribution in [0.15, 0.2) is 58.4 Å². The molecule has 2 heterocycles. The van der Waals surface area contributed by atoms with Gasteiger partial charge in [0.2, 0.25) is 0 Å². The zero-order valence-electron chi connectivity index (χ0n) is 13.4. The molecule has 2 aromatic heterocycles. The SMILES string of the molecule is CSc1ccc(C(=O)OCc2cc(=O)n3cccc(C)c3n2)cc1. The highest BCUT2D eigenvalue weighted by molar-refractivity contribution is 7.98. The second-order valence-corrected chi connectivity index (χ2v) is 6.15. The van der Waals surface area contributed by atoms with Crippen molar-refractivity contribution in [2.45, 2.75) is 18.4 Å². The van der Waals surface area contributed by atoms with E-state index in [1.165, 1.54) is 10.5 Å². The lowest BCUT2D eigenvalue weighted by Crippen LogP contribution is -2.17. The van der Waals surface area contributed by atoms with Crippen molar-refractivity contribution in [3.8, 4) is 0 Å². The fourth-order valence-corrected chi connectivity index (χ4v) is 2.74. The van der Waals surface area contributed by atoms with Gasteiger partial charge in [0.25, 0.3) is 5.56 Å². The lowest BCUT2D eigenvalue weighted by atomic mass is 10.2. The number of aromatic nitrogens is 2. The first-order valence-corrected chi connectivity index (χ1v) is 8.60. The topological polar surface area (TPSA) is 60.7 Å². The molecular formula is C18H16N2O3S. The average Bonchev–Trinajstić information content (AvgIpc) is 2.60. The molecule has 0 unspecified atom stereocenters. The van der Waals surface area contributed by atoms with Gasteiger partial charge in [-0.2, -0.15) is 0 Å². The molecule has 0 radical (unpaired) electrons. The number of thioether (sulfide) groups is 1. The number of ether oxygens (including phenoxy) is 1. The van der Waals surface area contributed by atoms with Crippen molar-refractivity contribution in [1.82, 2.24) is 9.38 Å². The minimum absolute atomic E-state index is 0.0385. The fraction of sp³-hybridized carbons (Fsp3) is 0.167. The summed E-state index contributed by atoms with van der Waals surface area (Å²) in [6.07, 6.45) is 3.64. The Kier molecular flexibility index (Phi) is 4.66. The highest BCUT2D eigenvalue weighted by Gasteiger charge is 2.10. The maximum Gasteiger partial charge on any atom is 0.338 e. The van der Waals surface area contributed by atoms with Crippen LogP contribution in [0.2, 0.25) is 0 Å². The van der Waals surface area contributed by atoms with Crippen LogP contribution in [0.3, 0.4) is 0 Å². The van der Waals surface area contributed by atoms with E-state index in [4.69, 9.17) is 4.74 Å². The number of aryl methyl sites for hydroxylation is 1. The molecule has 0 saturated heterocycles. The van der Waals surface area contributed by atoms with Gasteiger partial charge in [0.1, 0.15) is 12.3 Å². The monoisotopic (exact) mass is 340 g/mol. The highest BCUT2D eigenvalue weighted by atomic mass is 32.2. The Morgan fingerprint density at radius 1 is 1.25 bits per heavy atom. The van der Waals surface area contributed by atoms with Gasteiger partial charge in [-0.25, -0.2) is 9.78 Å². The molecule has 0 aliphatic heterocycles. The summed E-state index contributed by atoms with van der Waals surface area (Å²) in [5, 5.41) is 0. The number of pyridine rings is 1. The predicted molar refractivity (Wildman–Crippen MR) is 93.5 cm³/mol. The lowest BCUT2D eigenvalue weighted by molar-refractivity contribution is 0.0467. The number of esters is 1. The molecule has 0 spiro atoms. The Morgan fingerprint density at radius 2 is 2.00 bits per heavy atom. The summed E-state index contributed by atoms with van der Waals surface area (Å²) in [5.74, 6) is -0.436. The molecule has 0 aliphatic rings. The minimum Gasteiger partial charge on any atom is -0.456 e. The molecule has 3 aromatic rings. The van der Waals surface area contributed by atoms with Crippen molar-refractivity contribution in [3.05, 3.63) is 75.8 Å². The summed E-state index contributed by atoms with van der Waals surface area (Å²) < 4.78 is 6.75. The molecule has 24 heavy (non-hydrogen) atoms. The van der Waals surface area contributed by atoms with Gasteiger partial charge in [-0.05, 0) is 49.1 Å². The molecular weight excluding hydrogens is 324 g/mol. The van der Waals surface area contributed by atoms with Crippen LogP contribution in [0.4, 0.5) is 0 Å². The zero-order chi connectivity index (χ0) is 17.1. The van der Waals surface area contributed by atoms with Crippen LogP contribution in [0.1, 0.15) is 21.6 Å². The van der Waals surface area contributed by atoms with Crippen LogP contribution in [-0.2, 0) is 11.3 Å². The first-order chi connectivity index (χ1) is 11.6. The van der Waals surface area contributed by atoms with Crippen molar-refractivity contribution < 1.29 is 9.53 Å². The van der Waals surface area contributed by atoms with Crippen LogP contribution in [0.5, 0.6) is 0 Å². The third-order valence-corrected chi connectivity index (χ3v) is 4.36. The van der Waals surface area contributed by atoms with Gasteiger partial charge in [0.05, 0.1) is 11.3 Å². The quantitative estimate of drug-likeness (QED) is 0.539. The third kappa shape index (κ3) is 3.33. The molecule has 0 bridgehead atoms. The average molecular weight is 340 g/mol.